The number of hydrogen-bond donors (Lipinski definition) is 1. The average Bonchev–Trinajstić information content (AvgIpc) is 2.87. The lowest BCUT2D eigenvalue weighted by Crippen LogP contribution is -2.48. The van der Waals surface area contributed by atoms with Gasteiger partial charge in [0.15, 0.2) is 11.5 Å². The number of methoxy groups -OCH3 is 2. The lowest BCUT2D eigenvalue weighted by Gasteiger charge is -2.34. The largest absolute Gasteiger partial charge is 0.493 e. The Hall–Kier alpha value is -2.73. The first-order chi connectivity index (χ1) is 16.5. The normalized spacial score (nSPS) is 18.6. The summed E-state index contributed by atoms with van der Waals surface area (Å²) in [6, 6.07) is 14.5. The number of carbonyl (C=O) groups excluding carboxylic acids is 2. The second kappa shape index (κ2) is 12.7. The zero-order chi connectivity index (χ0) is 24.5. The first-order valence-electron chi connectivity index (χ1n) is 11.9. The van der Waals surface area contributed by atoms with E-state index < -0.39 is 6.04 Å². The van der Waals surface area contributed by atoms with Gasteiger partial charge in [-0.2, -0.15) is 0 Å². The van der Waals surface area contributed by atoms with E-state index in [9.17, 15) is 9.59 Å². The van der Waals surface area contributed by atoms with Gasteiger partial charge < -0.3 is 19.7 Å². The zero-order valence-electron chi connectivity index (χ0n) is 20.3. The highest BCUT2D eigenvalue weighted by molar-refractivity contribution is 6.27. The Bertz CT molecular complexity index is 945. The summed E-state index contributed by atoms with van der Waals surface area (Å²) < 4.78 is 10.8. The van der Waals surface area contributed by atoms with Crippen molar-refractivity contribution >= 4 is 23.4 Å². The molecule has 0 saturated heterocycles. The van der Waals surface area contributed by atoms with Gasteiger partial charge in [0.1, 0.15) is 11.9 Å². The van der Waals surface area contributed by atoms with Gasteiger partial charge in [-0.05, 0) is 61.3 Å². The van der Waals surface area contributed by atoms with Gasteiger partial charge >= 0.3 is 0 Å². The van der Waals surface area contributed by atoms with Gasteiger partial charge in [0.05, 0.1) is 14.2 Å². The molecule has 184 valence electrons. The number of benzene rings is 2. The lowest BCUT2D eigenvalue weighted by atomic mass is 9.87. The summed E-state index contributed by atoms with van der Waals surface area (Å²) in [6.45, 7) is 2.61. The third-order valence-electron chi connectivity index (χ3n) is 6.56. The van der Waals surface area contributed by atoms with Crippen LogP contribution in [0.2, 0.25) is 0 Å². The summed E-state index contributed by atoms with van der Waals surface area (Å²) in [5.74, 6) is 1.06. The van der Waals surface area contributed by atoms with E-state index in [1.165, 1.54) is 0 Å². The summed E-state index contributed by atoms with van der Waals surface area (Å²) in [4.78, 5) is 28.3. The second-order valence-electron chi connectivity index (χ2n) is 8.94. The van der Waals surface area contributed by atoms with Gasteiger partial charge in [-0.25, -0.2) is 0 Å². The number of halogens is 1. The molecular weight excluding hydrogens is 452 g/mol. The molecule has 6 nitrogen and oxygen atoms in total. The van der Waals surface area contributed by atoms with Gasteiger partial charge in [-0.1, -0.05) is 43.3 Å². The Balaban J connectivity index is 1.93. The lowest BCUT2D eigenvalue weighted by molar-refractivity contribution is -0.139. The van der Waals surface area contributed by atoms with Crippen LogP contribution in [0, 0.1) is 5.92 Å². The molecule has 1 saturated carbocycles. The summed E-state index contributed by atoms with van der Waals surface area (Å²) in [6.07, 6.45) is 4.67. The predicted molar refractivity (Wildman–Crippen MR) is 134 cm³/mol. The van der Waals surface area contributed by atoms with Crippen LogP contribution < -0.4 is 14.8 Å². The molecule has 1 fully saturated rings. The van der Waals surface area contributed by atoms with Crippen LogP contribution in [0.4, 0.5) is 0 Å². The highest BCUT2D eigenvalue weighted by Gasteiger charge is 2.33. The number of alkyl halides is 1. The third-order valence-corrected chi connectivity index (χ3v) is 6.79. The Kier molecular flexibility index (Phi) is 9.63. The maximum Gasteiger partial charge on any atom is 0.247 e. The van der Waals surface area contributed by atoms with Crippen molar-refractivity contribution in [2.45, 2.75) is 51.1 Å². The van der Waals surface area contributed by atoms with Crippen LogP contribution in [0.25, 0.3) is 0 Å². The van der Waals surface area contributed by atoms with Crippen molar-refractivity contribution in [2.24, 2.45) is 5.92 Å². The fourth-order valence-electron chi connectivity index (χ4n) is 4.55. The number of hydrogen-bond acceptors (Lipinski definition) is 4. The first-order valence-corrected chi connectivity index (χ1v) is 12.4. The molecule has 7 heteroatoms. The summed E-state index contributed by atoms with van der Waals surface area (Å²) >= 11 is 6.01. The molecule has 0 radical (unpaired) electrons. The Labute approximate surface area is 207 Å². The van der Waals surface area contributed by atoms with Crippen molar-refractivity contribution in [3.05, 3.63) is 59.7 Å². The molecule has 2 aromatic rings. The molecule has 1 aliphatic carbocycles. The van der Waals surface area contributed by atoms with Crippen molar-refractivity contribution in [3.8, 4) is 11.5 Å². The van der Waals surface area contributed by atoms with E-state index in [-0.39, 0.29) is 23.7 Å². The number of ether oxygens (including phenoxy) is 2. The van der Waals surface area contributed by atoms with Crippen LogP contribution in [0.1, 0.15) is 49.8 Å². The van der Waals surface area contributed by atoms with Crippen molar-refractivity contribution in [2.75, 3.05) is 26.6 Å². The smallest absolute Gasteiger partial charge is 0.247 e. The van der Waals surface area contributed by atoms with E-state index in [2.05, 4.69) is 12.2 Å². The fraction of sp³-hybridized carbons (Fsp3) is 0.481. The van der Waals surface area contributed by atoms with Crippen molar-refractivity contribution in [1.82, 2.24) is 10.2 Å². The van der Waals surface area contributed by atoms with Gasteiger partial charge in [-0.3, -0.25) is 9.59 Å². The van der Waals surface area contributed by atoms with Crippen LogP contribution in [0.3, 0.4) is 0 Å². The Morgan fingerprint density at radius 1 is 1.03 bits per heavy atom. The quantitative estimate of drug-likeness (QED) is 0.492. The molecule has 1 atom stereocenters. The second-order valence-corrected chi connectivity index (χ2v) is 9.21. The number of nitrogens with one attached hydrogen (secondary N) is 1. The molecule has 2 amide bonds. The van der Waals surface area contributed by atoms with Gasteiger partial charge in [0.2, 0.25) is 11.8 Å². The highest BCUT2D eigenvalue weighted by Crippen LogP contribution is 2.33. The van der Waals surface area contributed by atoms with Crippen molar-refractivity contribution in [1.29, 1.82) is 0 Å². The van der Waals surface area contributed by atoms with Crippen LogP contribution in [-0.4, -0.2) is 49.4 Å². The molecule has 1 aliphatic rings. The topological polar surface area (TPSA) is 67.9 Å². The maximum atomic E-state index is 13.7. The van der Waals surface area contributed by atoms with E-state index >= 15 is 0 Å². The van der Waals surface area contributed by atoms with E-state index in [0.717, 1.165) is 31.2 Å². The van der Waals surface area contributed by atoms with E-state index in [1.807, 2.05) is 36.4 Å². The van der Waals surface area contributed by atoms with Crippen LogP contribution >= 0.6 is 11.6 Å². The number of rotatable bonds is 10. The molecule has 1 N–H and O–H groups in total. The van der Waals surface area contributed by atoms with Crippen LogP contribution in [0.15, 0.2) is 48.5 Å². The highest BCUT2D eigenvalue weighted by atomic mass is 35.5. The zero-order valence-corrected chi connectivity index (χ0v) is 21.0. The molecule has 0 heterocycles. The van der Waals surface area contributed by atoms with E-state index in [4.69, 9.17) is 21.1 Å². The summed E-state index contributed by atoms with van der Waals surface area (Å²) in [5.41, 5.74) is 1.74. The van der Waals surface area contributed by atoms with Gasteiger partial charge in [0, 0.05) is 12.6 Å². The molecule has 3 rings (SSSR count). The Morgan fingerprint density at radius 3 is 2.32 bits per heavy atom. The van der Waals surface area contributed by atoms with Crippen LogP contribution in [0.5, 0.6) is 11.5 Å². The van der Waals surface area contributed by atoms with Gasteiger partial charge in [0.25, 0.3) is 0 Å². The molecule has 0 unspecified atom stereocenters. The molecule has 34 heavy (non-hydrogen) atoms. The average molecular weight is 487 g/mol. The molecule has 0 aromatic heterocycles. The Morgan fingerprint density at radius 2 is 1.71 bits per heavy atom. The minimum absolute atomic E-state index is 0.105. The van der Waals surface area contributed by atoms with Crippen molar-refractivity contribution < 1.29 is 19.1 Å². The summed E-state index contributed by atoms with van der Waals surface area (Å²) in [5, 5.41) is 3.21. The number of nitrogens with zero attached hydrogens (tertiary/aromatic N) is 1. The first kappa shape index (κ1) is 25.9. The molecular formula is C27H35ClN2O4. The predicted octanol–water partition coefficient (Wildman–Crippen LogP) is 4.75. The number of amides is 2. The fourth-order valence-corrected chi connectivity index (χ4v) is 4.70. The maximum absolute atomic E-state index is 13.7. The van der Waals surface area contributed by atoms with Crippen molar-refractivity contribution in [3.63, 3.8) is 0 Å². The minimum atomic E-state index is -0.825. The van der Waals surface area contributed by atoms with Gasteiger partial charge in [-0.15, -0.1) is 11.6 Å². The number of carbonyl (C=O) groups is 2. The van der Waals surface area contributed by atoms with E-state index in [1.54, 1.807) is 31.3 Å². The van der Waals surface area contributed by atoms with Crippen LogP contribution in [-0.2, 0) is 16.0 Å². The third kappa shape index (κ3) is 6.66. The standard InChI is InChI=1S/C27H35ClN2O4/c1-19-9-12-22(13-10-19)29-27(32)26(21-11-14-23(33-2)24(17-21)34-3)30(25(31)18-28)16-15-20-7-5-4-6-8-20/h4-8,11,14,17,19,22,26H,9-10,12-13,15-16,18H2,1-3H3,(H,29,32)/t19?,22?,26-/m0/s1. The van der Waals surface area contributed by atoms with E-state index in [0.29, 0.717) is 35.9 Å². The molecule has 0 spiro atoms. The SMILES string of the molecule is COc1ccc([C@@H](C(=O)NC2CCC(C)CC2)N(CCc2ccccc2)C(=O)CCl)cc1OC. The minimum Gasteiger partial charge on any atom is -0.493 e. The summed E-state index contributed by atoms with van der Waals surface area (Å²) in [7, 11) is 3.12. The molecule has 0 aliphatic heterocycles. The molecule has 0 bridgehead atoms. The molecule has 2 aromatic carbocycles. The monoisotopic (exact) mass is 486 g/mol.